The van der Waals surface area contributed by atoms with Crippen molar-refractivity contribution >= 4 is 0 Å². The van der Waals surface area contributed by atoms with Gasteiger partial charge in [0.05, 0.1) is 14.2 Å². The molecule has 0 fully saturated rings. The maximum absolute atomic E-state index is 5.37. The van der Waals surface area contributed by atoms with Crippen LogP contribution in [0.4, 0.5) is 0 Å². The highest BCUT2D eigenvalue weighted by Gasteiger charge is 2.52. The van der Waals surface area contributed by atoms with Crippen LogP contribution in [0.2, 0.25) is 0 Å². The Morgan fingerprint density at radius 3 is 1.00 bits per heavy atom. The van der Waals surface area contributed by atoms with Crippen molar-refractivity contribution in [2.45, 2.75) is 47.0 Å². The summed E-state index contributed by atoms with van der Waals surface area (Å²) in [6, 6.07) is 17.1. The van der Waals surface area contributed by atoms with Crippen LogP contribution in [0.1, 0.15) is 52.7 Å². The van der Waals surface area contributed by atoms with Gasteiger partial charge in [0.15, 0.2) is 0 Å². The van der Waals surface area contributed by atoms with E-state index >= 15 is 0 Å². The van der Waals surface area contributed by atoms with E-state index in [0.717, 1.165) is 11.5 Å². The Labute approximate surface area is 153 Å². The number of hydrogen-bond acceptors (Lipinski definition) is 2. The highest BCUT2D eigenvalue weighted by atomic mass is 16.5. The van der Waals surface area contributed by atoms with E-state index in [9.17, 15) is 0 Å². The monoisotopic (exact) mass is 340 g/mol. The quantitative estimate of drug-likeness (QED) is 0.671. The third-order valence-electron chi connectivity index (χ3n) is 5.30. The summed E-state index contributed by atoms with van der Waals surface area (Å²) in [5, 5.41) is 0. The minimum atomic E-state index is -0.168. The predicted molar refractivity (Wildman–Crippen MR) is 106 cm³/mol. The molecular formula is C23H32O2. The number of benzene rings is 2. The average molecular weight is 341 g/mol. The zero-order valence-corrected chi connectivity index (χ0v) is 16.9. The first-order chi connectivity index (χ1) is 11.6. The molecule has 2 aromatic carbocycles. The van der Waals surface area contributed by atoms with Gasteiger partial charge in [-0.15, -0.1) is 0 Å². The molecule has 0 aliphatic rings. The Balaban J connectivity index is 2.80. The van der Waals surface area contributed by atoms with Crippen LogP contribution in [-0.4, -0.2) is 14.2 Å². The van der Waals surface area contributed by atoms with E-state index in [1.165, 1.54) is 11.1 Å². The van der Waals surface area contributed by atoms with Gasteiger partial charge in [0.1, 0.15) is 11.5 Å². The second-order valence-corrected chi connectivity index (χ2v) is 8.71. The summed E-state index contributed by atoms with van der Waals surface area (Å²) in [6.07, 6.45) is 0. The molecule has 0 saturated carbocycles. The van der Waals surface area contributed by atoms with Crippen molar-refractivity contribution in [3.05, 3.63) is 59.7 Å². The molecule has 2 aromatic rings. The SMILES string of the molecule is COc1ccc(C(c2ccc(OC)cc2)(C(C)(C)C)C(C)(C)C)cc1. The molecule has 0 saturated heterocycles. The normalized spacial score (nSPS) is 12.8. The summed E-state index contributed by atoms with van der Waals surface area (Å²) >= 11 is 0. The van der Waals surface area contributed by atoms with Gasteiger partial charge >= 0.3 is 0 Å². The molecule has 0 aliphatic carbocycles. The van der Waals surface area contributed by atoms with Gasteiger partial charge in [0, 0.05) is 5.41 Å². The minimum absolute atomic E-state index is 0.00836. The maximum atomic E-state index is 5.37. The first kappa shape index (κ1) is 19.4. The summed E-state index contributed by atoms with van der Waals surface area (Å²) in [7, 11) is 3.42. The molecule has 0 spiro atoms. The van der Waals surface area contributed by atoms with Crippen molar-refractivity contribution in [1.29, 1.82) is 0 Å². The summed E-state index contributed by atoms with van der Waals surface area (Å²) in [5.41, 5.74) is 2.46. The third kappa shape index (κ3) is 3.27. The maximum Gasteiger partial charge on any atom is 0.118 e. The molecule has 0 atom stereocenters. The van der Waals surface area contributed by atoms with E-state index < -0.39 is 0 Å². The largest absolute Gasteiger partial charge is 0.497 e. The van der Waals surface area contributed by atoms with Crippen LogP contribution in [0.5, 0.6) is 11.5 Å². The molecule has 0 bridgehead atoms. The fourth-order valence-electron chi connectivity index (χ4n) is 4.71. The molecule has 0 amide bonds. The predicted octanol–water partition coefficient (Wildman–Crippen LogP) is 6.08. The first-order valence-corrected chi connectivity index (χ1v) is 8.87. The van der Waals surface area contributed by atoms with Crippen molar-refractivity contribution in [2.75, 3.05) is 14.2 Å². The highest BCUT2D eigenvalue weighted by molar-refractivity contribution is 5.47. The topological polar surface area (TPSA) is 18.5 Å². The molecule has 0 aliphatic heterocycles. The molecular weight excluding hydrogens is 308 g/mol. The molecule has 2 heteroatoms. The van der Waals surface area contributed by atoms with Gasteiger partial charge in [-0.3, -0.25) is 0 Å². The summed E-state index contributed by atoms with van der Waals surface area (Å²) < 4.78 is 10.7. The molecule has 0 unspecified atom stereocenters. The van der Waals surface area contributed by atoms with Crippen LogP contribution in [0.25, 0.3) is 0 Å². The van der Waals surface area contributed by atoms with Crippen molar-refractivity contribution in [3.8, 4) is 11.5 Å². The number of methoxy groups -OCH3 is 2. The van der Waals surface area contributed by atoms with E-state index in [-0.39, 0.29) is 16.2 Å². The molecule has 0 heterocycles. The van der Waals surface area contributed by atoms with E-state index in [0.29, 0.717) is 0 Å². The first-order valence-electron chi connectivity index (χ1n) is 8.87. The van der Waals surface area contributed by atoms with Gasteiger partial charge in [-0.25, -0.2) is 0 Å². The van der Waals surface area contributed by atoms with E-state index in [1.54, 1.807) is 14.2 Å². The van der Waals surface area contributed by atoms with E-state index in [4.69, 9.17) is 9.47 Å². The number of rotatable bonds is 4. The standard InChI is InChI=1S/C23H32O2/c1-21(2,3)23(22(4,5)6,17-9-13-19(24-7)14-10-17)18-11-15-20(25-8)16-12-18/h9-16H,1-8H3. The zero-order valence-electron chi connectivity index (χ0n) is 16.9. The van der Waals surface area contributed by atoms with Gasteiger partial charge < -0.3 is 9.47 Å². The smallest absolute Gasteiger partial charge is 0.118 e. The number of ether oxygens (including phenoxy) is 2. The summed E-state index contributed by atoms with van der Waals surface area (Å²) in [4.78, 5) is 0. The second kappa shape index (κ2) is 6.74. The number of hydrogen-bond donors (Lipinski definition) is 0. The average Bonchev–Trinajstić information content (AvgIpc) is 2.54. The van der Waals surface area contributed by atoms with Gasteiger partial charge in [-0.2, -0.15) is 0 Å². The summed E-state index contributed by atoms with van der Waals surface area (Å²) in [6.45, 7) is 14.0. The molecule has 0 aromatic heterocycles. The second-order valence-electron chi connectivity index (χ2n) is 8.71. The van der Waals surface area contributed by atoms with Crippen molar-refractivity contribution in [3.63, 3.8) is 0 Å². The Morgan fingerprint density at radius 1 is 0.520 bits per heavy atom. The lowest BCUT2D eigenvalue weighted by molar-refractivity contribution is 0.0906. The van der Waals surface area contributed by atoms with Crippen LogP contribution < -0.4 is 9.47 Å². The van der Waals surface area contributed by atoms with Crippen LogP contribution in [-0.2, 0) is 5.41 Å². The van der Waals surface area contributed by atoms with Gasteiger partial charge in [-0.1, -0.05) is 65.8 Å². The highest BCUT2D eigenvalue weighted by Crippen LogP contribution is 2.57. The van der Waals surface area contributed by atoms with E-state index in [1.807, 2.05) is 0 Å². The van der Waals surface area contributed by atoms with Gasteiger partial charge in [-0.05, 0) is 46.2 Å². The zero-order chi connectivity index (χ0) is 18.9. The lowest BCUT2D eigenvalue weighted by Crippen LogP contribution is -2.51. The van der Waals surface area contributed by atoms with Crippen LogP contribution in [0.3, 0.4) is 0 Å². The third-order valence-corrected chi connectivity index (χ3v) is 5.30. The minimum Gasteiger partial charge on any atom is -0.497 e. The van der Waals surface area contributed by atoms with E-state index in [2.05, 4.69) is 90.1 Å². The van der Waals surface area contributed by atoms with Crippen molar-refractivity contribution in [1.82, 2.24) is 0 Å². The Morgan fingerprint density at radius 2 is 0.800 bits per heavy atom. The Kier molecular flexibility index (Phi) is 5.22. The van der Waals surface area contributed by atoms with Crippen LogP contribution in [0.15, 0.2) is 48.5 Å². The van der Waals surface area contributed by atoms with Crippen LogP contribution >= 0.6 is 0 Å². The fourth-order valence-corrected chi connectivity index (χ4v) is 4.71. The summed E-state index contributed by atoms with van der Waals surface area (Å²) in [5.74, 6) is 1.77. The van der Waals surface area contributed by atoms with Crippen LogP contribution in [0, 0.1) is 10.8 Å². The van der Waals surface area contributed by atoms with Crippen molar-refractivity contribution in [2.24, 2.45) is 10.8 Å². The van der Waals surface area contributed by atoms with Gasteiger partial charge in [0.2, 0.25) is 0 Å². The molecule has 0 N–H and O–H groups in total. The van der Waals surface area contributed by atoms with Gasteiger partial charge in [0.25, 0.3) is 0 Å². The lowest BCUT2D eigenvalue weighted by Gasteiger charge is -2.55. The Hall–Kier alpha value is -1.96. The van der Waals surface area contributed by atoms with Crippen molar-refractivity contribution < 1.29 is 9.47 Å². The lowest BCUT2D eigenvalue weighted by atomic mass is 9.48. The fraction of sp³-hybridized carbons (Fsp3) is 0.478. The molecule has 25 heavy (non-hydrogen) atoms. The molecule has 0 radical (unpaired) electrons. The molecule has 2 rings (SSSR count). The molecule has 136 valence electrons. The Bertz CT molecular complexity index is 619. The molecule has 2 nitrogen and oxygen atoms in total.